The second kappa shape index (κ2) is 10.2. The minimum Gasteiger partial charge on any atom is -0.494 e. The maximum Gasteiger partial charge on any atom is 0.257 e. The van der Waals surface area contributed by atoms with Crippen molar-refractivity contribution >= 4 is 11.6 Å². The average Bonchev–Trinajstić information content (AvgIpc) is 2.65. The maximum atomic E-state index is 11.8. The van der Waals surface area contributed by atoms with Gasteiger partial charge in [-0.2, -0.15) is 0 Å². The summed E-state index contributed by atoms with van der Waals surface area (Å²) in [6, 6.07) is 17.4. The molecule has 134 valence electrons. The molecule has 25 heavy (non-hydrogen) atoms. The van der Waals surface area contributed by atoms with Gasteiger partial charge in [-0.3, -0.25) is 4.79 Å². The molecule has 5 nitrogen and oxygen atoms in total. The van der Waals surface area contributed by atoms with Crippen molar-refractivity contribution in [3.63, 3.8) is 0 Å². The fraction of sp³-hybridized carbons (Fsp3) is 0.350. The third-order valence-corrected chi connectivity index (χ3v) is 3.69. The van der Waals surface area contributed by atoms with Gasteiger partial charge in [-0.15, -0.1) is 0 Å². The van der Waals surface area contributed by atoms with Crippen molar-refractivity contribution in [1.82, 2.24) is 5.32 Å². The predicted octanol–water partition coefficient (Wildman–Crippen LogP) is 3.11. The standard InChI is InChI=1S/C20H26N2O3/c1-3-24-18-10-12-19(13-11-18)25-16-20(23)21-14-7-15-22(2)17-8-5-4-6-9-17/h4-6,8-13H,3,7,14-16H2,1-2H3,(H,21,23). The lowest BCUT2D eigenvalue weighted by molar-refractivity contribution is -0.123. The summed E-state index contributed by atoms with van der Waals surface area (Å²) in [5, 5.41) is 2.88. The summed E-state index contributed by atoms with van der Waals surface area (Å²) in [6.07, 6.45) is 0.875. The lowest BCUT2D eigenvalue weighted by Gasteiger charge is -2.19. The minimum atomic E-state index is -0.115. The number of rotatable bonds is 10. The van der Waals surface area contributed by atoms with Gasteiger partial charge < -0.3 is 19.7 Å². The Kier molecular flexibility index (Phi) is 7.63. The first-order valence-corrected chi connectivity index (χ1v) is 8.57. The third-order valence-electron chi connectivity index (χ3n) is 3.69. The molecule has 0 spiro atoms. The molecule has 0 heterocycles. The Hall–Kier alpha value is -2.69. The highest BCUT2D eigenvalue weighted by atomic mass is 16.5. The van der Waals surface area contributed by atoms with E-state index in [2.05, 4.69) is 22.3 Å². The average molecular weight is 342 g/mol. The maximum absolute atomic E-state index is 11.8. The number of carbonyl (C=O) groups is 1. The van der Waals surface area contributed by atoms with Gasteiger partial charge in [0, 0.05) is 25.8 Å². The molecule has 0 saturated carbocycles. The summed E-state index contributed by atoms with van der Waals surface area (Å²) in [5.41, 5.74) is 1.17. The molecular formula is C20H26N2O3. The van der Waals surface area contributed by atoms with Gasteiger partial charge in [0.05, 0.1) is 6.61 Å². The van der Waals surface area contributed by atoms with Gasteiger partial charge in [0.15, 0.2) is 6.61 Å². The first kappa shape index (κ1) is 18.6. The Bertz CT molecular complexity index is 629. The van der Waals surface area contributed by atoms with Crippen LogP contribution >= 0.6 is 0 Å². The van der Waals surface area contributed by atoms with E-state index in [0.717, 1.165) is 18.7 Å². The molecule has 2 rings (SSSR count). The molecule has 0 bridgehead atoms. The van der Waals surface area contributed by atoms with Crippen LogP contribution in [0.2, 0.25) is 0 Å². The van der Waals surface area contributed by atoms with Gasteiger partial charge in [-0.25, -0.2) is 0 Å². The highest BCUT2D eigenvalue weighted by Crippen LogP contribution is 2.17. The van der Waals surface area contributed by atoms with Crippen molar-refractivity contribution in [2.24, 2.45) is 0 Å². The molecule has 1 N–H and O–H groups in total. The molecule has 0 radical (unpaired) electrons. The smallest absolute Gasteiger partial charge is 0.257 e. The van der Waals surface area contributed by atoms with Crippen LogP contribution in [0.15, 0.2) is 54.6 Å². The Morgan fingerprint density at radius 2 is 1.64 bits per heavy atom. The number of amides is 1. The van der Waals surface area contributed by atoms with Crippen molar-refractivity contribution in [3.05, 3.63) is 54.6 Å². The molecular weight excluding hydrogens is 316 g/mol. The quantitative estimate of drug-likeness (QED) is 0.674. The number of nitrogens with zero attached hydrogens (tertiary/aromatic N) is 1. The summed E-state index contributed by atoms with van der Waals surface area (Å²) in [5.74, 6) is 1.33. The van der Waals surface area contributed by atoms with Gasteiger partial charge in [-0.05, 0) is 49.7 Å². The van der Waals surface area contributed by atoms with E-state index < -0.39 is 0 Å². The molecule has 0 fully saturated rings. The summed E-state index contributed by atoms with van der Waals surface area (Å²) >= 11 is 0. The number of ether oxygens (including phenoxy) is 2. The fourth-order valence-corrected chi connectivity index (χ4v) is 2.35. The van der Waals surface area contributed by atoms with Crippen LogP contribution in [0.3, 0.4) is 0 Å². The lowest BCUT2D eigenvalue weighted by atomic mass is 10.3. The van der Waals surface area contributed by atoms with Crippen LogP contribution in [-0.4, -0.2) is 39.3 Å². The van der Waals surface area contributed by atoms with Crippen LogP contribution in [0.4, 0.5) is 5.69 Å². The van der Waals surface area contributed by atoms with Gasteiger partial charge in [0.2, 0.25) is 0 Å². The van der Waals surface area contributed by atoms with Crippen LogP contribution in [0, 0.1) is 0 Å². The minimum absolute atomic E-state index is 0.0164. The molecule has 0 aromatic heterocycles. The van der Waals surface area contributed by atoms with Crippen molar-refractivity contribution in [2.45, 2.75) is 13.3 Å². The van der Waals surface area contributed by atoms with E-state index in [0.29, 0.717) is 18.9 Å². The fourth-order valence-electron chi connectivity index (χ4n) is 2.35. The molecule has 2 aromatic carbocycles. The van der Waals surface area contributed by atoms with E-state index in [1.54, 1.807) is 12.1 Å². The van der Waals surface area contributed by atoms with Crippen molar-refractivity contribution < 1.29 is 14.3 Å². The second-order valence-electron chi connectivity index (χ2n) is 5.65. The summed E-state index contributed by atoms with van der Waals surface area (Å²) in [6.45, 7) is 4.09. The monoisotopic (exact) mass is 342 g/mol. The van der Waals surface area contributed by atoms with Crippen molar-refractivity contribution in [1.29, 1.82) is 0 Å². The normalized spacial score (nSPS) is 10.2. The van der Waals surface area contributed by atoms with Crippen LogP contribution in [0.5, 0.6) is 11.5 Å². The van der Waals surface area contributed by atoms with Crippen molar-refractivity contribution in [2.75, 3.05) is 38.3 Å². The highest BCUT2D eigenvalue weighted by molar-refractivity contribution is 5.77. The molecule has 5 heteroatoms. The van der Waals surface area contributed by atoms with Gasteiger partial charge in [0.25, 0.3) is 5.91 Å². The van der Waals surface area contributed by atoms with Crippen LogP contribution in [0.25, 0.3) is 0 Å². The predicted molar refractivity (Wildman–Crippen MR) is 100 cm³/mol. The van der Waals surface area contributed by atoms with E-state index in [9.17, 15) is 4.79 Å². The number of para-hydroxylation sites is 1. The van der Waals surface area contributed by atoms with Gasteiger partial charge in [0.1, 0.15) is 11.5 Å². The summed E-state index contributed by atoms with van der Waals surface area (Å²) in [7, 11) is 2.05. The van der Waals surface area contributed by atoms with Gasteiger partial charge in [-0.1, -0.05) is 18.2 Å². The number of hydrogen-bond donors (Lipinski definition) is 1. The number of carbonyl (C=O) groups excluding carboxylic acids is 1. The van der Waals surface area contributed by atoms with E-state index in [4.69, 9.17) is 9.47 Å². The molecule has 0 aliphatic rings. The Balaban J connectivity index is 1.60. The van der Waals surface area contributed by atoms with E-state index in [-0.39, 0.29) is 12.5 Å². The Labute approximate surface area is 149 Å². The van der Waals surface area contributed by atoms with Crippen molar-refractivity contribution in [3.8, 4) is 11.5 Å². The number of benzene rings is 2. The number of anilines is 1. The molecule has 0 aliphatic carbocycles. The zero-order valence-electron chi connectivity index (χ0n) is 14.9. The molecule has 0 unspecified atom stereocenters. The topological polar surface area (TPSA) is 50.8 Å². The zero-order chi connectivity index (χ0) is 17.9. The lowest BCUT2D eigenvalue weighted by Crippen LogP contribution is -2.31. The largest absolute Gasteiger partial charge is 0.494 e. The SMILES string of the molecule is CCOc1ccc(OCC(=O)NCCCN(C)c2ccccc2)cc1. The second-order valence-corrected chi connectivity index (χ2v) is 5.65. The molecule has 0 atom stereocenters. The van der Waals surface area contributed by atoms with Gasteiger partial charge >= 0.3 is 0 Å². The first-order chi connectivity index (χ1) is 12.2. The molecule has 0 aliphatic heterocycles. The molecule has 1 amide bonds. The first-order valence-electron chi connectivity index (χ1n) is 8.57. The summed E-state index contributed by atoms with van der Waals surface area (Å²) in [4.78, 5) is 14.0. The van der Waals surface area contributed by atoms with E-state index >= 15 is 0 Å². The van der Waals surface area contributed by atoms with Crippen LogP contribution < -0.4 is 19.7 Å². The molecule has 0 saturated heterocycles. The van der Waals surface area contributed by atoms with E-state index in [1.165, 1.54) is 5.69 Å². The summed E-state index contributed by atoms with van der Waals surface area (Å²) < 4.78 is 10.8. The molecule has 2 aromatic rings. The van der Waals surface area contributed by atoms with Crippen LogP contribution in [0.1, 0.15) is 13.3 Å². The van der Waals surface area contributed by atoms with Crippen LogP contribution in [-0.2, 0) is 4.79 Å². The number of nitrogens with one attached hydrogen (secondary N) is 1. The highest BCUT2D eigenvalue weighted by Gasteiger charge is 2.04. The Morgan fingerprint density at radius 1 is 1.00 bits per heavy atom. The number of hydrogen-bond acceptors (Lipinski definition) is 4. The van der Waals surface area contributed by atoms with E-state index in [1.807, 2.05) is 44.3 Å². The third kappa shape index (κ3) is 6.75. The Morgan fingerprint density at radius 3 is 2.28 bits per heavy atom. The zero-order valence-corrected chi connectivity index (χ0v) is 14.9.